The van der Waals surface area contributed by atoms with Crippen LogP contribution < -0.4 is 5.32 Å². The number of nitrogens with one attached hydrogen (secondary N) is 1. The van der Waals surface area contributed by atoms with E-state index in [1.807, 2.05) is 12.2 Å². The third-order valence-electron chi connectivity index (χ3n) is 1.98. The van der Waals surface area contributed by atoms with E-state index < -0.39 is 0 Å². The molecule has 12 heavy (non-hydrogen) atoms. The minimum absolute atomic E-state index is 1.06. The van der Waals surface area contributed by atoms with Crippen molar-refractivity contribution in [1.29, 1.82) is 0 Å². The van der Waals surface area contributed by atoms with Gasteiger partial charge in [0.05, 0.1) is 0 Å². The van der Waals surface area contributed by atoms with Crippen LogP contribution in [0.4, 0.5) is 0 Å². The average Bonchev–Trinajstić information content (AvgIpc) is 2.15. The summed E-state index contributed by atoms with van der Waals surface area (Å²) in [6.07, 6.45) is 5.68. The quantitative estimate of drug-likeness (QED) is 0.629. The van der Waals surface area contributed by atoms with Gasteiger partial charge in [-0.3, -0.25) is 0 Å². The highest BCUT2D eigenvalue weighted by Gasteiger charge is 2.09. The number of rotatable bonds is 3. The Bertz CT molecular complexity index is 188. The van der Waals surface area contributed by atoms with E-state index in [9.17, 15) is 0 Å². The van der Waals surface area contributed by atoms with Crippen molar-refractivity contribution in [1.82, 2.24) is 10.2 Å². The summed E-state index contributed by atoms with van der Waals surface area (Å²) < 4.78 is 0. The predicted octanol–water partition coefficient (Wildman–Crippen LogP) is 1.15. The van der Waals surface area contributed by atoms with Crippen LogP contribution in [0, 0.1) is 0 Å². The molecule has 1 heterocycles. The van der Waals surface area contributed by atoms with Crippen LogP contribution in [0.3, 0.4) is 0 Å². The van der Waals surface area contributed by atoms with Crippen LogP contribution in [0.25, 0.3) is 0 Å². The maximum absolute atomic E-state index is 3.78. The van der Waals surface area contributed by atoms with Gasteiger partial charge >= 0.3 is 0 Å². The molecule has 2 nitrogen and oxygen atoms in total. The third kappa shape index (κ3) is 2.24. The molecule has 1 fully saturated rings. The predicted molar refractivity (Wildman–Crippen MR) is 52.9 cm³/mol. The van der Waals surface area contributed by atoms with Crippen LogP contribution in [0.5, 0.6) is 0 Å². The molecule has 0 unspecified atom stereocenters. The molecular formula is C10H16N2. The van der Waals surface area contributed by atoms with E-state index in [1.54, 1.807) is 6.08 Å². The minimum atomic E-state index is 1.06. The fourth-order valence-electron chi connectivity index (χ4n) is 1.35. The van der Waals surface area contributed by atoms with Gasteiger partial charge in [0.1, 0.15) is 0 Å². The Labute approximate surface area is 74.3 Å². The summed E-state index contributed by atoms with van der Waals surface area (Å²) in [6.45, 7) is 11.7. The molecule has 1 rings (SSSR count). The van der Waals surface area contributed by atoms with Gasteiger partial charge in [-0.05, 0) is 12.2 Å². The topological polar surface area (TPSA) is 15.3 Å². The van der Waals surface area contributed by atoms with E-state index in [2.05, 4.69) is 23.4 Å². The fraction of sp³-hybridized carbons (Fsp3) is 0.400. The maximum Gasteiger partial charge on any atom is 0.0360 e. The molecule has 0 aromatic heterocycles. The zero-order valence-corrected chi connectivity index (χ0v) is 7.42. The Balaban J connectivity index is 2.57. The average molecular weight is 164 g/mol. The van der Waals surface area contributed by atoms with Crippen molar-refractivity contribution in [3.63, 3.8) is 0 Å². The largest absolute Gasteiger partial charge is 0.369 e. The lowest BCUT2D eigenvalue weighted by molar-refractivity contribution is 0.307. The molecule has 2 heteroatoms. The van der Waals surface area contributed by atoms with Crippen molar-refractivity contribution in [3.8, 4) is 0 Å². The summed E-state index contributed by atoms with van der Waals surface area (Å²) in [7, 11) is 0. The smallest absolute Gasteiger partial charge is 0.0360 e. The van der Waals surface area contributed by atoms with Crippen LogP contribution in [0.2, 0.25) is 0 Å². The first-order valence-electron chi connectivity index (χ1n) is 4.29. The van der Waals surface area contributed by atoms with Gasteiger partial charge < -0.3 is 10.2 Å². The highest BCUT2D eigenvalue weighted by molar-refractivity contribution is 5.20. The summed E-state index contributed by atoms with van der Waals surface area (Å²) in [4.78, 5) is 2.31. The van der Waals surface area contributed by atoms with E-state index in [-0.39, 0.29) is 0 Å². The maximum atomic E-state index is 3.78. The van der Waals surface area contributed by atoms with Gasteiger partial charge in [0.15, 0.2) is 0 Å². The van der Waals surface area contributed by atoms with Crippen LogP contribution in [0.1, 0.15) is 0 Å². The molecule has 0 aliphatic carbocycles. The summed E-state index contributed by atoms with van der Waals surface area (Å²) in [6, 6.07) is 0. The van der Waals surface area contributed by atoms with E-state index in [1.165, 1.54) is 5.70 Å². The first-order chi connectivity index (χ1) is 5.88. The second-order valence-electron chi connectivity index (χ2n) is 2.77. The molecular weight excluding hydrogens is 148 g/mol. The molecule has 0 spiro atoms. The molecule has 1 N–H and O–H groups in total. The van der Waals surface area contributed by atoms with E-state index in [0.717, 1.165) is 26.2 Å². The molecule has 0 bridgehead atoms. The van der Waals surface area contributed by atoms with Crippen LogP contribution >= 0.6 is 0 Å². The second kappa shape index (κ2) is 4.78. The lowest BCUT2D eigenvalue weighted by atomic mass is 10.3. The number of hydrogen-bond donors (Lipinski definition) is 1. The van der Waals surface area contributed by atoms with E-state index in [4.69, 9.17) is 0 Å². The zero-order valence-electron chi connectivity index (χ0n) is 7.42. The Kier molecular flexibility index (Phi) is 3.61. The highest BCUT2D eigenvalue weighted by Crippen LogP contribution is 2.06. The van der Waals surface area contributed by atoms with Gasteiger partial charge in [0.25, 0.3) is 0 Å². The summed E-state index contributed by atoms with van der Waals surface area (Å²) in [5.74, 6) is 0. The van der Waals surface area contributed by atoms with E-state index >= 15 is 0 Å². The number of allylic oxidation sites excluding steroid dienone is 3. The van der Waals surface area contributed by atoms with E-state index in [0.29, 0.717) is 0 Å². The molecule has 0 aromatic carbocycles. The number of nitrogens with zero attached hydrogens (tertiary/aromatic N) is 1. The minimum Gasteiger partial charge on any atom is -0.369 e. The first kappa shape index (κ1) is 9.07. The molecule has 0 saturated carbocycles. The molecule has 1 saturated heterocycles. The zero-order chi connectivity index (χ0) is 8.81. The summed E-state index contributed by atoms with van der Waals surface area (Å²) in [5, 5.41) is 3.31. The monoisotopic (exact) mass is 164 g/mol. The van der Waals surface area contributed by atoms with Crippen molar-refractivity contribution < 1.29 is 0 Å². The van der Waals surface area contributed by atoms with Crippen molar-refractivity contribution >= 4 is 0 Å². The number of piperazine rings is 1. The lowest BCUT2D eigenvalue weighted by Crippen LogP contribution is -2.42. The van der Waals surface area contributed by atoms with Gasteiger partial charge in [-0.2, -0.15) is 0 Å². The van der Waals surface area contributed by atoms with Gasteiger partial charge in [0, 0.05) is 31.9 Å². The van der Waals surface area contributed by atoms with Gasteiger partial charge in [-0.25, -0.2) is 0 Å². The standard InChI is InChI=1S/C10H16N2/c1-3-5-10(4-2)12-8-6-11-7-9-12/h3-5,11H,1-2,6-9H2/b10-5+. The van der Waals surface area contributed by atoms with Crippen molar-refractivity contribution in [2.45, 2.75) is 0 Å². The Morgan fingerprint density at radius 2 is 1.92 bits per heavy atom. The Hall–Kier alpha value is -1.02. The number of hydrogen-bond acceptors (Lipinski definition) is 2. The SMILES string of the molecule is C=C/C=C(\C=C)N1CCNCC1. The molecule has 0 radical (unpaired) electrons. The molecule has 66 valence electrons. The van der Waals surface area contributed by atoms with Gasteiger partial charge in [-0.1, -0.05) is 19.2 Å². The lowest BCUT2D eigenvalue weighted by Gasteiger charge is -2.30. The fourth-order valence-corrected chi connectivity index (χ4v) is 1.35. The second-order valence-corrected chi connectivity index (χ2v) is 2.77. The molecule has 1 aliphatic heterocycles. The molecule has 1 aliphatic rings. The molecule has 0 amide bonds. The van der Waals surface area contributed by atoms with Gasteiger partial charge in [0.2, 0.25) is 0 Å². The summed E-state index contributed by atoms with van der Waals surface area (Å²) in [5.41, 5.74) is 1.17. The highest BCUT2D eigenvalue weighted by atomic mass is 15.2. The Morgan fingerprint density at radius 1 is 1.25 bits per heavy atom. The molecule has 0 aromatic rings. The summed E-state index contributed by atoms with van der Waals surface area (Å²) >= 11 is 0. The van der Waals surface area contributed by atoms with Crippen LogP contribution in [-0.4, -0.2) is 31.1 Å². The van der Waals surface area contributed by atoms with Crippen molar-refractivity contribution in [2.24, 2.45) is 0 Å². The van der Waals surface area contributed by atoms with Crippen molar-refractivity contribution in [2.75, 3.05) is 26.2 Å². The van der Waals surface area contributed by atoms with Crippen LogP contribution in [0.15, 0.2) is 37.1 Å². The van der Waals surface area contributed by atoms with Gasteiger partial charge in [-0.15, -0.1) is 0 Å². The normalized spacial score (nSPS) is 19.0. The molecule has 0 atom stereocenters. The Morgan fingerprint density at radius 3 is 2.42 bits per heavy atom. The van der Waals surface area contributed by atoms with Crippen LogP contribution in [-0.2, 0) is 0 Å². The third-order valence-corrected chi connectivity index (χ3v) is 1.98. The first-order valence-corrected chi connectivity index (χ1v) is 4.29. The van der Waals surface area contributed by atoms with Crippen molar-refractivity contribution in [3.05, 3.63) is 37.1 Å².